The summed E-state index contributed by atoms with van der Waals surface area (Å²) in [6.07, 6.45) is 0. The van der Waals surface area contributed by atoms with Gasteiger partial charge in [0.05, 0.1) is 11.2 Å². The normalized spacial score (nSPS) is 20.8. The van der Waals surface area contributed by atoms with Crippen LogP contribution in [0, 0.1) is 11.8 Å². The quantitative estimate of drug-likeness (QED) is 0.685. The molecule has 2 atom stereocenters. The smallest absolute Gasteiger partial charge is 0.0927 e. The van der Waals surface area contributed by atoms with Gasteiger partial charge in [0.2, 0.25) is 0 Å². The van der Waals surface area contributed by atoms with Crippen LogP contribution in [0.15, 0.2) is 0 Å². The van der Waals surface area contributed by atoms with Gasteiger partial charge < -0.3 is 10.2 Å². The van der Waals surface area contributed by atoms with Gasteiger partial charge in [-0.1, -0.05) is 20.8 Å². The standard InChI is InChI=1S/C10H22O2/c1-7(2)8(3)10(6,12)9(4,5)11/h7-8,11-12H,1-6H3. The van der Waals surface area contributed by atoms with Crippen LogP contribution in [-0.2, 0) is 0 Å². The van der Waals surface area contributed by atoms with Crippen molar-refractivity contribution in [3.8, 4) is 0 Å². The summed E-state index contributed by atoms with van der Waals surface area (Å²) in [6.45, 7) is 11.0. The van der Waals surface area contributed by atoms with Crippen molar-refractivity contribution in [1.29, 1.82) is 0 Å². The van der Waals surface area contributed by atoms with Crippen molar-refractivity contribution in [2.45, 2.75) is 52.7 Å². The van der Waals surface area contributed by atoms with Crippen LogP contribution in [0.1, 0.15) is 41.5 Å². The van der Waals surface area contributed by atoms with Gasteiger partial charge in [0.1, 0.15) is 0 Å². The molecular weight excluding hydrogens is 152 g/mol. The first-order chi connectivity index (χ1) is 5.10. The molecule has 0 amide bonds. The van der Waals surface area contributed by atoms with Gasteiger partial charge in [0.15, 0.2) is 0 Å². The van der Waals surface area contributed by atoms with Crippen LogP contribution < -0.4 is 0 Å². The molecule has 0 fully saturated rings. The van der Waals surface area contributed by atoms with E-state index in [9.17, 15) is 10.2 Å². The molecule has 0 aliphatic carbocycles. The lowest BCUT2D eigenvalue weighted by Crippen LogP contribution is -2.53. The minimum absolute atomic E-state index is 0.0810. The van der Waals surface area contributed by atoms with Crippen LogP contribution in [0.3, 0.4) is 0 Å². The van der Waals surface area contributed by atoms with Crippen molar-refractivity contribution in [2.75, 3.05) is 0 Å². The summed E-state index contributed by atoms with van der Waals surface area (Å²) >= 11 is 0. The molecule has 2 nitrogen and oxygen atoms in total. The monoisotopic (exact) mass is 174 g/mol. The summed E-state index contributed by atoms with van der Waals surface area (Å²) in [5.41, 5.74) is -2.07. The van der Waals surface area contributed by atoms with Crippen molar-refractivity contribution in [2.24, 2.45) is 11.8 Å². The summed E-state index contributed by atoms with van der Waals surface area (Å²) in [5.74, 6) is 0.448. The highest BCUT2D eigenvalue weighted by molar-refractivity contribution is 4.94. The first-order valence-corrected chi connectivity index (χ1v) is 4.55. The Morgan fingerprint density at radius 1 is 0.917 bits per heavy atom. The largest absolute Gasteiger partial charge is 0.387 e. The fourth-order valence-corrected chi connectivity index (χ4v) is 1.21. The maximum atomic E-state index is 10.0. The zero-order chi connectivity index (χ0) is 10.2. The molecule has 0 spiro atoms. The van der Waals surface area contributed by atoms with E-state index in [-0.39, 0.29) is 5.92 Å². The van der Waals surface area contributed by atoms with E-state index < -0.39 is 11.2 Å². The molecule has 0 saturated carbocycles. The molecule has 0 heterocycles. The molecule has 0 aromatic carbocycles. The van der Waals surface area contributed by atoms with E-state index in [1.165, 1.54) is 0 Å². The van der Waals surface area contributed by atoms with E-state index in [1.54, 1.807) is 20.8 Å². The molecule has 0 saturated heterocycles. The van der Waals surface area contributed by atoms with E-state index >= 15 is 0 Å². The average Bonchev–Trinajstić information content (AvgIpc) is 1.83. The highest BCUT2D eigenvalue weighted by atomic mass is 16.4. The topological polar surface area (TPSA) is 40.5 Å². The highest BCUT2D eigenvalue weighted by Gasteiger charge is 2.43. The minimum atomic E-state index is -1.04. The van der Waals surface area contributed by atoms with Crippen LogP contribution in [0.5, 0.6) is 0 Å². The molecule has 0 radical (unpaired) electrons. The Kier molecular flexibility index (Phi) is 3.32. The molecule has 74 valence electrons. The zero-order valence-electron chi connectivity index (χ0n) is 9.05. The molecule has 0 aliphatic heterocycles. The maximum absolute atomic E-state index is 10.0. The van der Waals surface area contributed by atoms with Crippen molar-refractivity contribution in [3.05, 3.63) is 0 Å². The zero-order valence-corrected chi connectivity index (χ0v) is 9.05. The molecule has 0 rings (SSSR count). The van der Waals surface area contributed by atoms with Crippen LogP contribution >= 0.6 is 0 Å². The third-order valence-corrected chi connectivity index (χ3v) is 3.13. The van der Waals surface area contributed by atoms with Crippen LogP contribution in [0.25, 0.3) is 0 Å². The fourth-order valence-electron chi connectivity index (χ4n) is 1.21. The summed E-state index contributed by atoms with van der Waals surface area (Å²) in [4.78, 5) is 0. The van der Waals surface area contributed by atoms with Gasteiger partial charge >= 0.3 is 0 Å². The summed E-state index contributed by atoms with van der Waals surface area (Å²) in [6, 6.07) is 0. The average molecular weight is 174 g/mol. The van der Waals surface area contributed by atoms with E-state index in [0.29, 0.717) is 5.92 Å². The fraction of sp³-hybridized carbons (Fsp3) is 1.00. The Morgan fingerprint density at radius 3 is 1.33 bits per heavy atom. The van der Waals surface area contributed by atoms with Crippen molar-refractivity contribution < 1.29 is 10.2 Å². The van der Waals surface area contributed by atoms with Gasteiger partial charge in [-0.3, -0.25) is 0 Å². The van der Waals surface area contributed by atoms with Gasteiger partial charge in [-0.25, -0.2) is 0 Å². The summed E-state index contributed by atoms with van der Waals surface area (Å²) < 4.78 is 0. The second-order valence-corrected chi connectivity index (χ2v) is 4.74. The highest BCUT2D eigenvalue weighted by Crippen LogP contribution is 2.33. The number of hydrogen-bond acceptors (Lipinski definition) is 2. The molecule has 12 heavy (non-hydrogen) atoms. The van der Waals surface area contributed by atoms with Crippen LogP contribution in [-0.4, -0.2) is 21.4 Å². The molecular formula is C10H22O2. The predicted molar refractivity (Wildman–Crippen MR) is 50.9 cm³/mol. The molecule has 2 N–H and O–H groups in total. The molecule has 0 bridgehead atoms. The number of rotatable bonds is 3. The van der Waals surface area contributed by atoms with E-state index in [1.807, 2.05) is 20.8 Å². The Hall–Kier alpha value is -0.0800. The Morgan fingerprint density at radius 2 is 1.25 bits per heavy atom. The van der Waals surface area contributed by atoms with Crippen LogP contribution in [0.4, 0.5) is 0 Å². The van der Waals surface area contributed by atoms with E-state index in [0.717, 1.165) is 0 Å². The van der Waals surface area contributed by atoms with Crippen molar-refractivity contribution >= 4 is 0 Å². The van der Waals surface area contributed by atoms with Crippen molar-refractivity contribution in [3.63, 3.8) is 0 Å². The van der Waals surface area contributed by atoms with Gasteiger partial charge in [-0.05, 0) is 32.6 Å². The Balaban J connectivity index is 4.61. The predicted octanol–water partition coefficient (Wildman–Crippen LogP) is 1.80. The third-order valence-electron chi connectivity index (χ3n) is 3.13. The molecule has 2 heteroatoms. The van der Waals surface area contributed by atoms with Gasteiger partial charge in [0, 0.05) is 0 Å². The summed E-state index contributed by atoms with van der Waals surface area (Å²) in [5, 5.41) is 19.8. The summed E-state index contributed by atoms with van der Waals surface area (Å²) in [7, 11) is 0. The van der Waals surface area contributed by atoms with Crippen LogP contribution in [0.2, 0.25) is 0 Å². The van der Waals surface area contributed by atoms with E-state index in [4.69, 9.17) is 0 Å². The third kappa shape index (κ3) is 2.20. The lowest BCUT2D eigenvalue weighted by Gasteiger charge is -2.42. The molecule has 0 aromatic heterocycles. The Labute approximate surface area is 75.6 Å². The maximum Gasteiger partial charge on any atom is 0.0927 e. The molecule has 0 aromatic rings. The minimum Gasteiger partial charge on any atom is -0.387 e. The molecule has 0 aliphatic rings. The van der Waals surface area contributed by atoms with Gasteiger partial charge in [0.25, 0.3) is 0 Å². The number of hydrogen-bond donors (Lipinski definition) is 2. The lowest BCUT2D eigenvalue weighted by molar-refractivity contribution is -0.156. The lowest BCUT2D eigenvalue weighted by atomic mass is 9.73. The van der Waals surface area contributed by atoms with Crippen molar-refractivity contribution in [1.82, 2.24) is 0 Å². The first-order valence-electron chi connectivity index (χ1n) is 4.55. The second kappa shape index (κ2) is 3.35. The van der Waals surface area contributed by atoms with E-state index in [2.05, 4.69) is 0 Å². The molecule has 2 unspecified atom stereocenters. The van der Waals surface area contributed by atoms with Gasteiger partial charge in [-0.15, -0.1) is 0 Å². The Bertz CT molecular complexity index is 142. The SMILES string of the molecule is CC(C)C(C)C(C)(O)C(C)(C)O. The second-order valence-electron chi connectivity index (χ2n) is 4.74. The first kappa shape index (κ1) is 11.9. The van der Waals surface area contributed by atoms with Gasteiger partial charge in [-0.2, -0.15) is 0 Å². The number of aliphatic hydroxyl groups is 2.